The van der Waals surface area contributed by atoms with Crippen molar-refractivity contribution in [2.24, 2.45) is 5.92 Å². The van der Waals surface area contributed by atoms with Gasteiger partial charge in [0.25, 0.3) is 0 Å². The van der Waals surface area contributed by atoms with Gasteiger partial charge < -0.3 is 9.32 Å². The van der Waals surface area contributed by atoms with Crippen molar-refractivity contribution < 1.29 is 13.6 Å². The maximum Gasteiger partial charge on any atom is 0.225 e. The molecule has 1 fully saturated rings. The molecule has 0 spiro atoms. The molecule has 0 unspecified atom stereocenters. The van der Waals surface area contributed by atoms with E-state index in [0.717, 1.165) is 19.4 Å². The number of hydrogen-bond acceptors (Lipinski definition) is 3. The molecule has 23 heavy (non-hydrogen) atoms. The number of amides is 1. The summed E-state index contributed by atoms with van der Waals surface area (Å²) in [4.78, 5) is 18.5. The maximum atomic E-state index is 13.7. The minimum Gasteiger partial charge on any atom is -0.443 e. The summed E-state index contributed by atoms with van der Waals surface area (Å²) in [7, 11) is 0. The highest BCUT2D eigenvalue weighted by atomic mass is 19.1. The number of nitrogens with zero attached hydrogens (tertiary/aromatic N) is 2. The van der Waals surface area contributed by atoms with Crippen LogP contribution < -0.4 is 0 Å². The van der Waals surface area contributed by atoms with Crippen LogP contribution in [0.25, 0.3) is 0 Å². The zero-order valence-electron chi connectivity index (χ0n) is 13.5. The van der Waals surface area contributed by atoms with Crippen LogP contribution in [0.5, 0.6) is 0 Å². The van der Waals surface area contributed by atoms with E-state index in [2.05, 4.69) is 4.98 Å². The molecule has 2 aromatic rings. The van der Waals surface area contributed by atoms with Crippen LogP contribution in [0.2, 0.25) is 0 Å². The molecule has 1 amide bonds. The fourth-order valence-corrected chi connectivity index (χ4v) is 3.01. The summed E-state index contributed by atoms with van der Waals surface area (Å²) in [5, 5.41) is 0. The highest BCUT2D eigenvalue weighted by Crippen LogP contribution is 2.33. The summed E-state index contributed by atoms with van der Waals surface area (Å²) >= 11 is 0. The minimum absolute atomic E-state index is 0.0385. The van der Waals surface area contributed by atoms with E-state index in [4.69, 9.17) is 4.42 Å². The molecule has 122 valence electrons. The van der Waals surface area contributed by atoms with Gasteiger partial charge >= 0.3 is 0 Å². The molecule has 0 bridgehead atoms. The average Bonchev–Trinajstić information content (AvgIpc) is 3.17. The van der Waals surface area contributed by atoms with Crippen LogP contribution >= 0.6 is 0 Å². The Morgan fingerprint density at radius 2 is 2.22 bits per heavy atom. The molecule has 0 aliphatic carbocycles. The number of carbonyl (C=O) groups is 1. The van der Waals surface area contributed by atoms with Gasteiger partial charge in [0.1, 0.15) is 17.6 Å². The molecule has 4 nitrogen and oxygen atoms in total. The zero-order chi connectivity index (χ0) is 16.4. The number of carbonyl (C=O) groups excluding carboxylic acids is 1. The smallest absolute Gasteiger partial charge is 0.225 e. The van der Waals surface area contributed by atoms with Crippen molar-refractivity contribution in [3.63, 3.8) is 0 Å². The second-order valence-electron chi connectivity index (χ2n) is 6.28. The van der Waals surface area contributed by atoms with E-state index in [1.807, 2.05) is 18.7 Å². The van der Waals surface area contributed by atoms with Gasteiger partial charge in [-0.15, -0.1) is 0 Å². The van der Waals surface area contributed by atoms with Gasteiger partial charge in [-0.05, 0) is 24.5 Å². The lowest BCUT2D eigenvalue weighted by molar-refractivity contribution is -0.135. The third-order valence-corrected chi connectivity index (χ3v) is 4.21. The topological polar surface area (TPSA) is 46.3 Å². The molecule has 3 rings (SSSR count). The maximum absolute atomic E-state index is 13.7. The highest BCUT2D eigenvalue weighted by molar-refractivity contribution is 5.78. The Labute approximate surface area is 135 Å². The summed E-state index contributed by atoms with van der Waals surface area (Å²) in [5.74, 6) is 1.02. The first-order chi connectivity index (χ1) is 11.1. The third kappa shape index (κ3) is 3.28. The van der Waals surface area contributed by atoms with Gasteiger partial charge in [0.2, 0.25) is 11.8 Å². The summed E-state index contributed by atoms with van der Waals surface area (Å²) in [5.41, 5.74) is 0.580. The van der Waals surface area contributed by atoms with Crippen molar-refractivity contribution in [2.75, 3.05) is 6.54 Å². The molecular formula is C18H21FN2O2. The number of aromatic nitrogens is 1. The summed E-state index contributed by atoms with van der Waals surface area (Å²) in [6.07, 6.45) is 3.81. The van der Waals surface area contributed by atoms with Crippen LogP contribution in [-0.2, 0) is 11.2 Å². The van der Waals surface area contributed by atoms with E-state index >= 15 is 0 Å². The monoisotopic (exact) mass is 316 g/mol. The molecule has 1 aliphatic rings. The largest absolute Gasteiger partial charge is 0.443 e. The third-order valence-electron chi connectivity index (χ3n) is 4.21. The molecule has 1 aliphatic heterocycles. The van der Waals surface area contributed by atoms with Crippen LogP contribution in [0.1, 0.15) is 49.9 Å². The van der Waals surface area contributed by atoms with Gasteiger partial charge in [0.05, 0.1) is 6.20 Å². The number of likely N-dealkylation sites (tertiary alicyclic amines) is 1. The number of halogens is 1. The van der Waals surface area contributed by atoms with Crippen LogP contribution in [0.3, 0.4) is 0 Å². The van der Waals surface area contributed by atoms with E-state index in [1.165, 1.54) is 6.07 Å². The van der Waals surface area contributed by atoms with Crippen LogP contribution in [0.4, 0.5) is 4.39 Å². The van der Waals surface area contributed by atoms with Crippen molar-refractivity contribution in [2.45, 2.75) is 39.2 Å². The predicted octanol–water partition coefficient (Wildman–Crippen LogP) is 3.72. The van der Waals surface area contributed by atoms with Crippen molar-refractivity contribution in [3.05, 3.63) is 53.5 Å². The van der Waals surface area contributed by atoms with Crippen LogP contribution in [0.15, 0.2) is 34.9 Å². The molecule has 0 saturated carbocycles. The van der Waals surface area contributed by atoms with Crippen LogP contribution in [0, 0.1) is 11.7 Å². The molecule has 0 N–H and O–H groups in total. The Morgan fingerprint density at radius 3 is 2.96 bits per heavy atom. The lowest BCUT2D eigenvalue weighted by Gasteiger charge is -2.24. The lowest BCUT2D eigenvalue weighted by atomic mass is 10.1. The quantitative estimate of drug-likeness (QED) is 0.863. The fourth-order valence-electron chi connectivity index (χ4n) is 3.01. The summed E-state index contributed by atoms with van der Waals surface area (Å²) in [6.45, 7) is 4.54. The Balaban J connectivity index is 1.76. The fraction of sp³-hybridized carbons (Fsp3) is 0.444. The van der Waals surface area contributed by atoms with Gasteiger partial charge in [-0.1, -0.05) is 32.0 Å². The van der Waals surface area contributed by atoms with E-state index in [1.54, 1.807) is 24.4 Å². The second-order valence-corrected chi connectivity index (χ2v) is 6.28. The van der Waals surface area contributed by atoms with Crippen molar-refractivity contribution >= 4 is 5.91 Å². The Hall–Kier alpha value is -2.17. The number of hydrogen-bond donors (Lipinski definition) is 0. The number of rotatable bonds is 4. The van der Waals surface area contributed by atoms with E-state index in [-0.39, 0.29) is 23.7 Å². The number of benzene rings is 1. The first-order valence-corrected chi connectivity index (χ1v) is 8.04. The molecule has 1 saturated heterocycles. The van der Waals surface area contributed by atoms with E-state index in [0.29, 0.717) is 23.6 Å². The van der Waals surface area contributed by atoms with Gasteiger partial charge in [-0.25, -0.2) is 9.37 Å². The molecule has 2 heterocycles. The summed E-state index contributed by atoms with van der Waals surface area (Å²) in [6, 6.07) is 6.54. The van der Waals surface area contributed by atoms with Crippen LogP contribution in [-0.4, -0.2) is 22.3 Å². The molecule has 1 aromatic heterocycles. The second kappa shape index (κ2) is 6.52. The number of oxazole rings is 1. The Morgan fingerprint density at radius 1 is 1.43 bits per heavy atom. The molecule has 0 radical (unpaired) electrons. The van der Waals surface area contributed by atoms with E-state index < -0.39 is 0 Å². The molecule has 1 atom stereocenters. The SMILES string of the molecule is CC(C)C(=O)N1CCC[C@H]1c1ncc(Cc2ccccc2F)o1. The molecular weight excluding hydrogens is 295 g/mol. The first kappa shape index (κ1) is 15.7. The lowest BCUT2D eigenvalue weighted by Crippen LogP contribution is -2.33. The van der Waals surface area contributed by atoms with Crippen molar-refractivity contribution in [3.8, 4) is 0 Å². The zero-order valence-corrected chi connectivity index (χ0v) is 13.5. The average molecular weight is 316 g/mol. The first-order valence-electron chi connectivity index (χ1n) is 8.04. The van der Waals surface area contributed by atoms with Gasteiger partial charge in [0.15, 0.2) is 0 Å². The van der Waals surface area contributed by atoms with Gasteiger partial charge in [0, 0.05) is 18.9 Å². The Kier molecular flexibility index (Phi) is 4.46. The minimum atomic E-state index is -0.247. The van der Waals surface area contributed by atoms with Crippen molar-refractivity contribution in [1.29, 1.82) is 0 Å². The van der Waals surface area contributed by atoms with E-state index in [9.17, 15) is 9.18 Å². The van der Waals surface area contributed by atoms with Gasteiger partial charge in [-0.3, -0.25) is 4.79 Å². The van der Waals surface area contributed by atoms with Crippen molar-refractivity contribution in [1.82, 2.24) is 9.88 Å². The molecule has 1 aromatic carbocycles. The van der Waals surface area contributed by atoms with Gasteiger partial charge in [-0.2, -0.15) is 0 Å². The Bertz CT molecular complexity index is 696. The summed E-state index contributed by atoms with van der Waals surface area (Å²) < 4.78 is 19.5. The highest BCUT2D eigenvalue weighted by Gasteiger charge is 2.34. The standard InChI is InChI=1S/C18H21FN2O2/c1-12(2)18(22)21-9-5-8-16(21)17-20-11-14(23-17)10-13-6-3-4-7-15(13)19/h3-4,6-7,11-12,16H,5,8-10H2,1-2H3/t16-/m0/s1. The molecule has 5 heteroatoms. The predicted molar refractivity (Wildman–Crippen MR) is 84.2 cm³/mol. The normalized spacial score (nSPS) is 17.9.